The first-order valence-corrected chi connectivity index (χ1v) is 9.02. The van der Waals surface area contributed by atoms with Gasteiger partial charge >= 0.3 is 0 Å². The standard InChI is InChI=1S/C21H23N3O2/c1-4-14-11-24(12-14)15-9-18-19(23-10-15)17(8-13(2)20(18)26-3)16-6-5-7-22-21(16)25/h5-10,14H,4,11-12H2,1-3H3,(H,22,25). The summed E-state index contributed by atoms with van der Waals surface area (Å²) in [6, 6.07) is 7.79. The van der Waals surface area contributed by atoms with Crippen molar-refractivity contribution in [3.05, 3.63) is 52.6 Å². The molecule has 0 unspecified atom stereocenters. The van der Waals surface area contributed by atoms with Gasteiger partial charge in [0, 0.05) is 35.8 Å². The first-order valence-electron chi connectivity index (χ1n) is 9.02. The number of fused-ring (bicyclic) bond motifs is 1. The van der Waals surface area contributed by atoms with Crippen LogP contribution in [0.4, 0.5) is 5.69 Å². The van der Waals surface area contributed by atoms with E-state index in [0.717, 1.165) is 52.5 Å². The minimum Gasteiger partial charge on any atom is -0.496 e. The highest BCUT2D eigenvalue weighted by molar-refractivity contribution is 5.99. The molecule has 0 aliphatic carbocycles. The van der Waals surface area contributed by atoms with Gasteiger partial charge in [0.15, 0.2) is 0 Å². The number of nitrogens with one attached hydrogen (secondary N) is 1. The van der Waals surface area contributed by atoms with Crippen LogP contribution in [-0.4, -0.2) is 30.2 Å². The molecule has 3 heterocycles. The lowest BCUT2D eigenvalue weighted by atomic mass is 9.95. The molecule has 2 aromatic heterocycles. The van der Waals surface area contributed by atoms with Gasteiger partial charge in [-0.3, -0.25) is 9.78 Å². The molecule has 4 rings (SSSR count). The maximum Gasteiger partial charge on any atom is 0.255 e. The smallest absolute Gasteiger partial charge is 0.255 e. The number of aromatic amines is 1. The number of anilines is 1. The Morgan fingerprint density at radius 3 is 2.81 bits per heavy atom. The molecule has 1 fully saturated rings. The number of pyridine rings is 2. The summed E-state index contributed by atoms with van der Waals surface area (Å²) in [4.78, 5) is 22.1. The van der Waals surface area contributed by atoms with Gasteiger partial charge < -0.3 is 14.6 Å². The van der Waals surface area contributed by atoms with Crippen LogP contribution in [0.1, 0.15) is 18.9 Å². The van der Waals surface area contributed by atoms with Crippen molar-refractivity contribution in [1.82, 2.24) is 9.97 Å². The average Bonchev–Trinajstić information content (AvgIpc) is 2.60. The van der Waals surface area contributed by atoms with Gasteiger partial charge in [0.2, 0.25) is 0 Å². The van der Waals surface area contributed by atoms with Gasteiger partial charge in [0.1, 0.15) is 5.75 Å². The molecular weight excluding hydrogens is 326 g/mol. The predicted octanol–water partition coefficient (Wildman–Crippen LogP) is 3.75. The third-order valence-corrected chi connectivity index (χ3v) is 5.30. The summed E-state index contributed by atoms with van der Waals surface area (Å²) in [6.45, 7) is 6.38. The Morgan fingerprint density at radius 1 is 1.31 bits per heavy atom. The van der Waals surface area contributed by atoms with Gasteiger partial charge in [-0.25, -0.2) is 0 Å². The molecule has 1 aliphatic rings. The Morgan fingerprint density at radius 2 is 2.12 bits per heavy atom. The molecule has 5 nitrogen and oxygen atoms in total. The number of hydrogen-bond acceptors (Lipinski definition) is 4. The van der Waals surface area contributed by atoms with E-state index in [0.29, 0.717) is 5.56 Å². The van der Waals surface area contributed by atoms with Crippen LogP contribution in [0, 0.1) is 12.8 Å². The van der Waals surface area contributed by atoms with Crippen molar-refractivity contribution < 1.29 is 4.74 Å². The van der Waals surface area contributed by atoms with Gasteiger partial charge in [0.25, 0.3) is 5.56 Å². The summed E-state index contributed by atoms with van der Waals surface area (Å²) in [5.74, 6) is 1.58. The van der Waals surface area contributed by atoms with E-state index in [-0.39, 0.29) is 5.56 Å². The number of H-pyrrole nitrogens is 1. The number of aromatic nitrogens is 2. The van der Waals surface area contributed by atoms with E-state index in [2.05, 4.69) is 22.9 Å². The number of rotatable bonds is 4. The second kappa shape index (κ2) is 6.48. The molecule has 0 amide bonds. The van der Waals surface area contributed by atoms with E-state index < -0.39 is 0 Å². The number of hydrogen-bond donors (Lipinski definition) is 1. The monoisotopic (exact) mass is 349 g/mol. The molecule has 3 aromatic rings. The van der Waals surface area contributed by atoms with Crippen LogP contribution in [0.2, 0.25) is 0 Å². The number of aryl methyl sites for hydroxylation is 1. The molecule has 0 radical (unpaired) electrons. The van der Waals surface area contributed by atoms with Crippen LogP contribution < -0.4 is 15.2 Å². The molecular formula is C21H23N3O2. The maximum absolute atomic E-state index is 12.3. The van der Waals surface area contributed by atoms with Crippen molar-refractivity contribution >= 4 is 16.6 Å². The molecule has 0 spiro atoms. The topological polar surface area (TPSA) is 58.2 Å². The van der Waals surface area contributed by atoms with Crippen LogP contribution in [0.25, 0.3) is 22.0 Å². The minimum atomic E-state index is -0.113. The molecule has 1 N–H and O–H groups in total. The van der Waals surface area contributed by atoms with Crippen LogP contribution in [0.5, 0.6) is 5.75 Å². The summed E-state index contributed by atoms with van der Waals surface area (Å²) in [5, 5.41) is 0.947. The van der Waals surface area contributed by atoms with Crippen molar-refractivity contribution in [2.45, 2.75) is 20.3 Å². The normalized spacial score (nSPS) is 14.5. The van der Waals surface area contributed by atoms with Crippen molar-refractivity contribution in [3.8, 4) is 16.9 Å². The zero-order valence-corrected chi connectivity index (χ0v) is 15.4. The first-order chi connectivity index (χ1) is 12.6. The average molecular weight is 349 g/mol. The zero-order chi connectivity index (χ0) is 18.3. The number of benzene rings is 1. The molecule has 5 heteroatoms. The summed E-state index contributed by atoms with van der Waals surface area (Å²) in [6.07, 6.45) is 4.76. The summed E-state index contributed by atoms with van der Waals surface area (Å²) in [7, 11) is 1.68. The van der Waals surface area contributed by atoms with Crippen molar-refractivity contribution in [2.24, 2.45) is 5.92 Å². The molecule has 1 aliphatic heterocycles. The number of ether oxygens (including phenoxy) is 1. The SMILES string of the molecule is CCC1CN(c2cnc3c(-c4ccc[nH]c4=O)cc(C)c(OC)c3c2)C1. The van der Waals surface area contributed by atoms with Crippen LogP contribution in [0.3, 0.4) is 0 Å². The lowest BCUT2D eigenvalue weighted by molar-refractivity contribution is 0.398. The van der Waals surface area contributed by atoms with Crippen molar-refractivity contribution in [2.75, 3.05) is 25.1 Å². The van der Waals surface area contributed by atoms with Crippen molar-refractivity contribution in [1.29, 1.82) is 0 Å². The van der Waals surface area contributed by atoms with Gasteiger partial charge in [-0.05, 0) is 49.1 Å². The van der Waals surface area contributed by atoms with Crippen LogP contribution >= 0.6 is 0 Å². The fraction of sp³-hybridized carbons (Fsp3) is 0.333. The molecule has 1 saturated heterocycles. The second-order valence-electron chi connectivity index (χ2n) is 6.96. The Bertz CT molecular complexity index is 1020. The summed E-state index contributed by atoms with van der Waals surface area (Å²) >= 11 is 0. The molecule has 0 bridgehead atoms. The van der Waals surface area contributed by atoms with Gasteiger partial charge in [0.05, 0.1) is 24.5 Å². The van der Waals surface area contributed by atoms with Crippen molar-refractivity contribution in [3.63, 3.8) is 0 Å². The van der Waals surface area contributed by atoms with E-state index >= 15 is 0 Å². The van der Waals surface area contributed by atoms with E-state index in [1.54, 1.807) is 13.3 Å². The minimum absolute atomic E-state index is 0.113. The number of nitrogens with zero attached hydrogens (tertiary/aromatic N) is 2. The quantitative estimate of drug-likeness (QED) is 0.779. The summed E-state index contributed by atoms with van der Waals surface area (Å²) < 4.78 is 5.66. The third kappa shape index (κ3) is 2.64. The molecule has 0 atom stereocenters. The Hall–Kier alpha value is -2.82. The van der Waals surface area contributed by atoms with Gasteiger partial charge in [-0.2, -0.15) is 0 Å². The highest BCUT2D eigenvalue weighted by Gasteiger charge is 2.26. The number of methoxy groups -OCH3 is 1. The largest absolute Gasteiger partial charge is 0.496 e. The second-order valence-corrected chi connectivity index (χ2v) is 6.96. The lowest BCUT2D eigenvalue weighted by Gasteiger charge is -2.40. The zero-order valence-electron chi connectivity index (χ0n) is 15.4. The van der Waals surface area contributed by atoms with Gasteiger partial charge in [-0.1, -0.05) is 6.92 Å². The third-order valence-electron chi connectivity index (χ3n) is 5.30. The fourth-order valence-corrected chi connectivity index (χ4v) is 3.73. The highest BCUT2D eigenvalue weighted by atomic mass is 16.5. The first kappa shape index (κ1) is 16.6. The Kier molecular flexibility index (Phi) is 4.15. The Labute approximate surface area is 152 Å². The summed E-state index contributed by atoms with van der Waals surface area (Å²) in [5.41, 5.74) is 4.24. The molecule has 26 heavy (non-hydrogen) atoms. The molecule has 134 valence electrons. The molecule has 1 aromatic carbocycles. The van der Waals surface area contributed by atoms with E-state index in [4.69, 9.17) is 9.72 Å². The van der Waals surface area contributed by atoms with E-state index in [9.17, 15) is 4.79 Å². The van der Waals surface area contributed by atoms with Gasteiger partial charge in [-0.15, -0.1) is 0 Å². The maximum atomic E-state index is 12.3. The van der Waals surface area contributed by atoms with Crippen LogP contribution in [-0.2, 0) is 0 Å². The molecule has 0 saturated carbocycles. The van der Waals surface area contributed by atoms with Crippen LogP contribution in [0.15, 0.2) is 41.5 Å². The predicted molar refractivity (Wildman–Crippen MR) is 105 cm³/mol. The highest BCUT2D eigenvalue weighted by Crippen LogP contribution is 2.38. The lowest BCUT2D eigenvalue weighted by Crippen LogP contribution is -2.46. The Balaban J connectivity index is 1.90. The van der Waals surface area contributed by atoms with E-state index in [1.807, 2.05) is 31.3 Å². The fourth-order valence-electron chi connectivity index (χ4n) is 3.73. The van der Waals surface area contributed by atoms with E-state index in [1.165, 1.54) is 6.42 Å².